The summed E-state index contributed by atoms with van der Waals surface area (Å²) in [6.07, 6.45) is 0.478. The van der Waals surface area contributed by atoms with E-state index in [1.807, 2.05) is 53.4 Å². The van der Waals surface area contributed by atoms with Crippen LogP contribution in [0.3, 0.4) is 0 Å². The van der Waals surface area contributed by atoms with Crippen molar-refractivity contribution in [1.82, 2.24) is 14.8 Å². The molecule has 138 valence electrons. The minimum Gasteiger partial charge on any atom is -0.340 e. The van der Waals surface area contributed by atoms with Crippen LogP contribution in [-0.4, -0.2) is 46.9 Å². The molecule has 1 aliphatic rings. The Kier molecular flexibility index (Phi) is 5.37. The van der Waals surface area contributed by atoms with Crippen molar-refractivity contribution in [1.29, 1.82) is 0 Å². The Morgan fingerprint density at radius 1 is 0.926 bits per heavy atom. The minimum absolute atomic E-state index is 0.205. The molecule has 4 nitrogen and oxygen atoms in total. The van der Waals surface area contributed by atoms with Gasteiger partial charge in [-0.1, -0.05) is 60.1 Å². The van der Waals surface area contributed by atoms with E-state index in [-0.39, 0.29) is 5.91 Å². The van der Waals surface area contributed by atoms with Crippen LogP contribution < -0.4 is 0 Å². The molecule has 1 fully saturated rings. The fourth-order valence-corrected chi connectivity index (χ4v) is 3.73. The van der Waals surface area contributed by atoms with E-state index in [0.29, 0.717) is 11.4 Å². The standard InChI is InChI=1S/C22H22ClN3O/c23-20-8-4-7-18-9-10-19(24-22(18)20)16-25-11-13-26(14-12-25)21(27)15-17-5-2-1-3-6-17/h1-10H,11-16H2. The number of amides is 1. The third kappa shape index (κ3) is 4.29. The number of hydrogen-bond donors (Lipinski definition) is 0. The average molecular weight is 380 g/mol. The number of rotatable bonds is 4. The van der Waals surface area contributed by atoms with Crippen molar-refractivity contribution in [3.63, 3.8) is 0 Å². The van der Waals surface area contributed by atoms with Crippen LogP contribution in [0, 0.1) is 0 Å². The van der Waals surface area contributed by atoms with Crippen LogP contribution in [0.15, 0.2) is 60.7 Å². The van der Waals surface area contributed by atoms with Crippen molar-refractivity contribution in [3.05, 3.63) is 76.9 Å². The summed E-state index contributed by atoms with van der Waals surface area (Å²) in [6.45, 7) is 4.04. The van der Waals surface area contributed by atoms with E-state index in [1.165, 1.54) is 0 Å². The lowest BCUT2D eigenvalue weighted by molar-refractivity contribution is -0.132. The smallest absolute Gasteiger partial charge is 0.227 e. The summed E-state index contributed by atoms with van der Waals surface area (Å²) in [7, 11) is 0. The summed E-state index contributed by atoms with van der Waals surface area (Å²) in [5.74, 6) is 0.205. The molecular formula is C22H22ClN3O. The van der Waals surface area contributed by atoms with Gasteiger partial charge in [-0.15, -0.1) is 0 Å². The highest BCUT2D eigenvalue weighted by Gasteiger charge is 2.21. The molecule has 1 saturated heterocycles. The molecule has 0 atom stereocenters. The number of carbonyl (C=O) groups excluding carboxylic acids is 1. The summed E-state index contributed by atoms with van der Waals surface area (Å²) in [4.78, 5) is 21.5. The van der Waals surface area contributed by atoms with E-state index < -0.39 is 0 Å². The molecule has 2 aromatic carbocycles. The highest BCUT2D eigenvalue weighted by molar-refractivity contribution is 6.35. The fourth-order valence-electron chi connectivity index (χ4n) is 3.51. The third-order valence-electron chi connectivity index (χ3n) is 5.04. The largest absolute Gasteiger partial charge is 0.340 e. The van der Waals surface area contributed by atoms with Crippen LogP contribution in [-0.2, 0) is 17.8 Å². The minimum atomic E-state index is 0.205. The van der Waals surface area contributed by atoms with Gasteiger partial charge in [-0.3, -0.25) is 9.69 Å². The SMILES string of the molecule is O=C(Cc1ccccc1)N1CCN(Cc2ccc3cccc(Cl)c3n2)CC1. The van der Waals surface area contributed by atoms with Crippen LogP contribution in [0.25, 0.3) is 10.9 Å². The van der Waals surface area contributed by atoms with Crippen LogP contribution in [0.1, 0.15) is 11.3 Å². The topological polar surface area (TPSA) is 36.4 Å². The van der Waals surface area contributed by atoms with E-state index in [4.69, 9.17) is 16.6 Å². The van der Waals surface area contributed by atoms with Crippen LogP contribution >= 0.6 is 11.6 Å². The molecule has 0 bridgehead atoms. The molecule has 1 aromatic heterocycles. The maximum atomic E-state index is 12.5. The molecule has 3 aromatic rings. The molecule has 0 radical (unpaired) electrons. The van der Waals surface area contributed by atoms with Crippen molar-refractivity contribution in [2.75, 3.05) is 26.2 Å². The average Bonchev–Trinajstić information content (AvgIpc) is 2.70. The van der Waals surface area contributed by atoms with Gasteiger partial charge in [0.2, 0.25) is 5.91 Å². The Labute approximate surface area is 164 Å². The number of benzene rings is 2. The summed E-state index contributed by atoms with van der Waals surface area (Å²) in [5, 5.41) is 1.74. The summed E-state index contributed by atoms with van der Waals surface area (Å²) in [5.41, 5.74) is 2.94. The van der Waals surface area contributed by atoms with Crippen LogP contribution in [0.4, 0.5) is 0 Å². The van der Waals surface area contributed by atoms with Gasteiger partial charge in [0.05, 0.1) is 22.7 Å². The summed E-state index contributed by atoms with van der Waals surface area (Å²) < 4.78 is 0. The van der Waals surface area contributed by atoms with Crippen molar-refractivity contribution < 1.29 is 4.79 Å². The highest BCUT2D eigenvalue weighted by Crippen LogP contribution is 2.22. The summed E-state index contributed by atoms with van der Waals surface area (Å²) >= 11 is 6.27. The van der Waals surface area contributed by atoms with Crippen LogP contribution in [0.2, 0.25) is 5.02 Å². The predicted octanol–water partition coefficient (Wildman–Crippen LogP) is 3.78. The van der Waals surface area contributed by atoms with Gasteiger partial charge in [0.25, 0.3) is 0 Å². The van der Waals surface area contributed by atoms with Crippen molar-refractivity contribution in [2.24, 2.45) is 0 Å². The molecule has 1 aliphatic heterocycles. The van der Waals surface area contributed by atoms with E-state index in [0.717, 1.165) is 54.9 Å². The van der Waals surface area contributed by atoms with Gasteiger partial charge in [-0.25, -0.2) is 4.98 Å². The normalized spacial score (nSPS) is 15.2. The molecule has 0 saturated carbocycles. The van der Waals surface area contributed by atoms with E-state index >= 15 is 0 Å². The first-order chi connectivity index (χ1) is 13.2. The Balaban J connectivity index is 1.34. The molecule has 0 N–H and O–H groups in total. The second kappa shape index (κ2) is 8.07. The van der Waals surface area contributed by atoms with Gasteiger partial charge in [0, 0.05) is 38.1 Å². The van der Waals surface area contributed by atoms with Gasteiger partial charge >= 0.3 is 0 Å². The molecule has 5 heteroatoms. The zero-order valence-electron chi connectivity index (χ0n) is 15.1. The van der Waals surface area contributed by atoms with Gasteiger partial charge in [0.15, 0.2) is 0 Å². The number of fused-ring (bicyclic) bond motifs is 1. The maximum Gasteiger partial charge on any atom is 0.227 e. The zero-order valence-corrected chi connectivity index (χ0v) is 15.9. The molecule has 27 heavy (non-hydrogen) atoms. The van der Waals surface area contributed by atoms with Gasteiger partial charge in [-0.2, -0.15) is 0 Å². The predicted molar refractivity (Wildman–Crippen MR) is 109 cm³/mol. The first-order valence-corrected chi connectivity index (χ1v) is 9.65. The molecular weight excluding hydrogens is 358 g/mol. The number of hydrogen-bond acceptors (Lipinski definition) is 3. The first kappa shape index (κ1) is 18.0. The summed E-state index contributed by atoms with van der Waals surface area (Å²) in [6, 6.07) is 19.9. The third-order valence-corrected chi connectivity index (χ3v) is 5.34. The van der Waals surface area contributed by atoms with E-state index in [2.05, 4.69) is 17.0 Å². The fraction of sp³-hybridized carbons (Fsp3) is 0.273. The number of carbonyl (C=O) groups is 1. The number of aromatic nitrogens is 1. The second-order valence-electron chi connectivity index (χ2n) is 6.93. The highest BCUT2D eigenvalue weighted by atomic mass is 35.5. The lowest BCUT2D eigenvalue weighted by Gasteiger charge is -2.34. The Hall–Kier alpha value is -2.43. The Bertz CT molecular complexity index is 937. The van der Waals surface area contributed by atoms with Crippen molar-refractivity contribution in [2.45, 2.75) is 13.0 Å². The zero-order chi connectivity index (χ0) is 18.6. The van der Waals surface area contributed by atoms with Crippen molar-refractivity contribution in [3.8, 4) is 0 Å². The molecule has 0 aliphatic carbocycles. The molecule has 2 heterocycles. The Morgan fingerprint density at radius 3 is 2.48 bits per heavy atom. The lowest BCUT2D eigenvalue weighted by Crippen LogP contribution is -2.48. The first-order valence-electron chi connectivity index (χ1n) is 9.27. The Morgan fingerprint density at radius 2 is 1.70 bits per heavy atom. The molecule has 0 spiro atoms. The molecule has 4 rings (SSSR count). The number of pyridine rings is 1. The number of nitrogens with zero attached hydrogens (tertiary/aromatic N) is 3. The number of halogens is 1. The van der Waals surface area contributed by atoms with Crippen molar-refractivity contribution >= 4 is 28.4 Å². The number of para-hydroxylation sites is 1. The van der Waals surface area contributed by atoms with Crippen LogP contribution in [0.5, 0.6) is 0 Å². The van der Waals surface area contributed by atoms with E-state index in [1.54, 1.807) is 0 Å². The van der Waals surface area contributed by atoms with Gasteiger partial charge in [-0.05, 0) is 17.7 Å². The van der Waals surface area contributed by atoms with E-state index in [9.17, 15) is 4.79 Å². The lowest BCUT2D eigenvalue weighted by atomic mass is 10.1. The quantitative estimate of drug-likeness (QED) is 0.692. The maximum absolute atomic E-state index is 12.5. The number of piperazine rings is 1. The molecule has 0 unspecified atom stereocenters. The monoisotopic (exact) mass is 379 g/mol. The second-order valence-corrected chi connectivity index (χ2v) is 7.34. The van der Waals surface area contributed by atoms with Gasteiger partial charge in [0.1, 0.15) is 0 Å². The molecule has 1 amide bonds. The van der Waals surface area contributed by atoms with Gasteiger partial charge < -0.3 is 4.90 Å².